The molecule has 3 nitrogen and oxygen atoms in total. The lowest BCUT2D eigenvalue weighted by atomic mass is 10.1. The van der Waals surface area contributed by atoms with Crippen molar-refractivity contribution in [2.75, 3.05) is 19.6 Å². The van der Waals surface area contributed by atoms with Gasteiger partial charge in [-0.3, -0.25) is 4.99 Å². The molecule has 0 bridgehead atoms. The van der Waals surface area contributed by atoms with Crippen molar-refractivity contribution in [2.24, 2.45) is 4.99 Å². The highest BCUT2D eigenvalue weighted by Crippen LogP contribution is 2.16. The first kappa shape index (κ1) is 12.2. The van der Waals surface area contributed by atoms with Gasteiger partial charge in [-0.2, -0.15) is 0 Å². The van der Waals surface area contributed by atoms with Crippen LogP contribution in [0.5, 0.6) is 0 Å². The number of nitrogens with zero attached hydrogens (tertiary/aromatic N) is 1. The van der Waals surface area contributed by atoms with Gasteiger partial charge in [-0.1, -0.05) is 29.8 Å². The summed E-state index contributed by atoms with van der Waals surface area (Å²) < 4.78 is 0. The fourth-order valence-corrected chi connectivity index (χ4v) is 2.07. The maximum atomic E-state index is 6.10. The topological polar surface area (TPSA) is 36.4 Å². The van der Waals surface area contributed by atoms with E-state index in [9.17, 15) is 0 Å². The third kappa shape index (κ3) is 3.93. The smallest absolute Gasteiger partial charge is 0.191 e. The van der Waals surface area contributed by atoms with E-state index in [-0.39, 0.29) is 0 Å². The molecule has 2 N–H and O–H groups in total. The van der Waals surface area contributed by atoms with Gasteiger partial charge in [0.05, 0.1) is 0 Å². The predicted octanol–water partition coefficient (Wildman–Crippen LogP) is 2.21. The van der Waals surface area contributed by atoms with E-state index < -0.39 is 0 Å². The Morgan fingerprint density at radius 3 is 3.00 bits per heavy atom. The zero-order valence-electron chi connectivity index (χ0n) is 9.88. The van der Waals surface area contributed by atoms with E-state index in [0.29, 0.717) is 0 Å². The van der Waals surface area contributed by atoms with Crippen LogP contribution < -0.4 is 10.6 Å². The Morgan fingerprint density at radius 1 is 1.35 bits per heavy atom. The van der Waals surface area contributed by atoms with Gasteiger partial charge in [0, 0.05) is 24.7 Å². The molecule has 0 saturated carbocycles. The van der Waals surface area contributed by atoms with Gasteiger partial charge in [-0.25, -0.2) is 0 Å². The Bertz CT molecular complexity index is 390. The average molecular weight is 252 g/mol. The fraction of sp³-hybridized carbons (Fsp3) is 0.462. The first-order valence-corrected chi connectivity index (χ1v) is 6.49. The molecule has 0 saturated heterocycles. The van der Waals surface area contributed by atoms with E-state index in [4.69, 9.17) is 11.6 Å². The highest BCUT2D eigenvalue weighted by atomic mass is 35.5. The van der Waals surface area contributed by atoms with E-state index in [1.165, 1.54) is 5.56 Å². The largest absolute Gasteiger partial charge is 0.356 e. The van der Waals surface area contributed by atoms with Gasteiger partial charge in [0.25, 0.3) is 0 Å². The summed E-state index contributed by atoms with van der Waals surface area (Å²) in [6, 6.07) is 8.02. The minimum absolute atomic E-state index is 0.862. The van der Waals surface area contributed by atoms with Crippen molar-refractivity contribution >= 4 is 17.6 Å². The SMILES string of the molecule is Clc1ccccc1CCCNC1=NCCCN1. The van der Waals surface area contributed by atoms with Crippen molar-refractivity contribution in [1.29, 1.82) is 0 Å². The number of benzene rings is 1. The molecule has 1 aliphatic rings. The Kier molecular flexibility index (Phi) is 4.68. The molecular formula is C13H18ClN3. The van der Waals surface area contributed by atoms with Crippen molar-refractivity contribution in [3.8, 4) is 0 Å². The summed E-state index contributed by atoms with van der Waals surface area (Å²) >= 11 is 6.10. The fourth-order valence-electron chi connectivity index (χ4n) is 1.84. The van der Waals surface area contributed by atoms with Crippen molar-refractivity contribution < 1.29 is 0 Å². The molecular weight excluding hydrogens is 234 g/mol. The second-order valence-corrected chi connectivity index (χ2v) is 4.54. The Hall–Kier alpha value is -1.22. The Morgan fingerprint density at radius 2 is 2.24 bits per heavy atom. The van der Waals surface area contributed by atoms with E-state index in [0.717, 1.165) is 49.9 Å². The molecule has 1 heterocycles. The lowest BCUT2D eigenvalue weighted by molar-refractivity contribution is 0.686. The summed E-state index contributed by atoms with van der Waals surface area (Å²) in [5.41, 5.74) is 1.22. The van der Waals surface area contributed by atoms with Gasteiger partial charge in [0.1, 0.15) is 0 Å². The van der Waals surface area contributed by atoms with Gasteiger partial charge in [0.15, 0.2) is 5.96 Å². The molecule has 1 aromatic rings. The summed E-state index contributed by atoms with van der Waals surface area (Å²) in [5.74, 6) is 0.940. The van der Waals surface area contributed by atoms with Crippen LogP contribution in [0.1, 0.15) is 18.4 Å². The van der Waals surface area contributed by atoms with Crippen LogP contribution in [0.3, 0.4) is 0 Å². The van der Waals surface area contributed by atoms with E-state index in [1.54, 1.807) is 0 Å². The number of aliphatic imine (C=N–C) groups is 1. The van der Waals surface area contributed by atoms with Crippen LogP contribution in [-0.4, -0.2) is 25.6 Å². The highest BCUT2D eigenvalue weighted by Gasteiger charge is 2.03. The number of hydrogen-bond acceptors (Lipinski definition) is 3. The lowest BCUT2D eigenvalue weighted by Crippen LogP contribution is -2.41. The number of hydrogen-bond donors (Lipinski definition) is 2. The summed E-state index contributed by atoms with van der Waals surface area (Å²) in [7, 11) is 0. The van der Waals surface area contributed by atoms with E-state index >= 15 is 0 Å². The molecule has 1 aliphatic heterocycles. The van der Waals surface area contributed by atoms with Gasteiger partial charge >= 0.3 is 0 Å². The molecule has 0 aromatic heterocycles. The second kappa shape index (κ2) is 6.50. The molecule has 0 aliphatic carbocycles. The molecule has 17 heavy (non-hydrogen) atoms. The van der Waals surface area contributed by atoms with Crippen molar-refractivity contribution in [1.82, 2.24) is 10.6 Å². The maximum Gasteiger partial charge on any atom is 0.191 e. The number of rotatable bonds is 4. The second-order valence-electron chi connectivity index (χ2n) is 4.13. The van der Waals surface area contributed by atoms with Gasteiger partial charge in [-0.05, 0) is 30.9 Å². The number of nitrogens with one attached hydrogen (secondary N) is 2. The number of halogens is 1. The summed E-state index contributed by atoms with van der Waals surface area (Å²) in [6.07, 6.45) is 3.19. The minimum atomic E-state index is 0.862. The van der Waals surface area contributed by atoms with E-state index in [2.05, 4.69) is 21.7 Å². The van der Waals surface area contributed by atoms with Gasteiger partial charge in [0.2, 0.25) is 0 Å². The Balaban J connectivity index is 1.69. The molecule has 0 radical (unpaired) electrons. The minimum Gasteiger partial charge on any atom is -0.356 e. The molecule has 4 heteroatoms. The molecule has 1 aromatic carbocycles. The monoisotopic (exact) mass is 251 g/mol. The Labute approximate surface area is 107 Å². The van der Waals surface area contributed by atoms with Crippen LogP contribution in [0, 0.1) is 0 Å². The van der Waals surface area contributed by atoms with Crippen LogP contribution in [0.4, 0.5) is 0 Å². The first-order chi connectivity index (χ1) is 8.36. The van der Waals surface area contributed by atoms with E-state index in [1.807, 2.05) is 18.2 Å². The van der Waals surface area contributed by atoms with Crippen LogP contribution in [0.15, 0.2) is 29.3 Å². The van der Waals surface area contributed by atoms with Crippen molar-refractivity contribution in [3.63, 3.8) is 0 Å². The molecule has 0 spiro atoms. The predicted molar refractivity (Wildman–Crippen MR) is 72.7 cm³/mol. The molecule has 0 fully saturated rings. The van der Waals surface area contributed by atoms with Crippen molar-refractivity contribution in [3.05, 3.63) is 34.9 Å². The third-order valence-corrected chi connectivity index (χ3v) is 3.14. The van der Waals surface area contributed by atoms with Crippen LogP contribution in [-0.2, 0) is 6.42 Å². The molecule has 0 amide bonds. The zero-order valence-corrected chi connectivity index (χ0v) is 10.6. The summed E-state index contributed by atoms with van der Waals surface area (Å²) in [6.45, 7) is 2.88. The maximum absolute atomic E-state index is 6.10. The van der Waals surface area contributed by atoms with Crippen molar-refractivity contribution in [2.45, 2.75) is 19.3 Å². The van der Waals surface area contributed by atoms with Gasteiger partial charge < -0.3 is 10.6 Å². The zero-order chi connectivity index (χ0) is 11.9. The normalized spacial score (nSPS) is 15.0. The third-order valence-electron chi connectivity index (χ3n) is 2.77. The standard InChI is InChI=1S/C13H18ClN3/c14-12-7-2-1-5-11(12)6-3-8-15-13-16-9-4-10-17-13/h1-2,5,7H,3-4,6,8-10H2,(H2,15,16,17). The summed E-state index contributed by atoms with van der Waals surface area (Å²) in [5, 5.41) is 7.41. The quantitative estimate of drug-likeness (QED) is 0.805. The first-order valence-electron chi connectivity index (χ1n) is 6.12. The molecule has 0 unspecified atom stereocenters. The molecule has 92 valence electrons. The number of guanidine groups is 1. The lowest BCUT2D eigenvalue weighted by Gasteiger charge is -2.15. The summed E-state index contributed by atoms with van der Waals surface area (Å²) in [4.78, 5) is 4.36. The van der Waals surface area contributed by atoms with Gasteiger partial charge in [-0.15, -0.1) is 0 Å². The van der Waals surface area contributed by atoms with Crippen LogP contribution in [0.25, 0.3) is 0 Å². The van der Waals surface area contributed by atoms with Crippen LogP contribution >= 0.6 is 11.6 Å². The molecule has 0 atom stereocenters. The highest BCUT2D eigenvalue weighted by molar-refractivity contribution is 6.31. The average Bonchev–Trinajstić information content (AvgIpc) is 2.38. The van der Waals surface area contributed by atoms with Crippen LogP contribution in [0.2, 0.25) is 5.02 Å². The molecule has 2 rings (SSSR count). The number of aryl methyl sites for hydroxylation is 1.